The van der Waals surface area contributed by atoms with E-state index >= 15 is 0 Å². The van der Waals surface area contributed by atoms with E-state index in [9.17, 15) is 0 Å². The van der Waals surface area contributed by atoms with Crippen molar-refractivity contribution in [2.24, 2.45) is 0 Å². The Labute approximate surface area is 111 Å². The Kier molecular flexibility index (Phi) is 5.79. The molecule has 1 heterocycles. The molecule has 1 rings (SSSR count). The average Bonchev–Trinajstić information content (AvgIpc) is 2.75. The number of rotatable bonds is 7. The Morgan fingerprint density at radius 2 is 2.06 bits per heavy atom. The van der Waals surface area contributed by atoms with Gasteiger partial charge in [0.25, 0.3) is 0 Å². The third kappa shape index (κ3) is 5.17. The summed E-state index contributed by atoms with van der Waals surface area (Å²) < 4.78 is 1.92. The lowest BCUT2D eigenvalue weighted by Crippen LogP contribution is -2.25. The normalized spacial score (nSPS) is 13.8. The highest BCUT2D eigenvalue weighted by molar-refractivity contribution is 4.94. The Morgan fingerprint density at radius 1 is 1.33 bits per heavy atom. The van der Waals surface area contributed by atoms with E-state index in [0.717, 1.165) is 12.2 Å². The van der Waals surface area contributed by atoms with Crippen LogP contribution in [0.4, 0.5) is 0 Å². The van der Waals surface area contributed by atoms with Gasteiger partial charge in [-0.05, 0) is 34.1 Å². The zero-order valence-corrected chi connectivity index (χ0v) is 12.5. The minimum Gasteiger partial charge on any atom is -0.309 e. The van der Waals surface area contributed by atoms with Gasteiger partial charge in [0, 0.05) is 12.6 Å². The number of nitrogens with one attached hydrogen (secondary N) is 1. The molecule has 0 amide bonds. The molecule has 0 saturated carbocycles. The first-order valence-corrected chi connectivity index (χ1v) is 7.08. The molecule has 1 aromatic rings. The van der Waals surface area contributed by atoms with Crippen molar-refractivity contribution in [3.8, 4) is 0 Å². The molecule has 18 heavy (non-hydrogen) atoms. The maximum atomic E-state index is 4.20. The van der Waals surface area contributed by atoms with Crippen LogP contribution in [0.3, 0.4) is 0 Å². The largest absolute Gasteiger partial charge is 0.309 e. The maximum absolute atomic E-state index is 4.20. The van der Waals surface area contributed by atoms with Gasteiger partial charge in [-0.15, -0.1) is 5.10 Å². The number of unbranched alkanes of at least 4 members (excludes halogenated alkanes) is 2. The van der Waals surface area contributed by atoms with E-state index in [1.54, 1.807) is 0 Å². The second-order valence-electron chi connectivity index (χ2n) is 6.10. The summed E-state index contributed by atoms with van der Waals surface area (Å²) in [5.74, 6) is 0. The van der Waals surface area contributed by atoms with Gasteiger partial charge in [0.1, 0.15) is 0 Å². The minimum atomic E-state index is 0.0119. The number of nitrogens with zero attached hydrogens (tertiary/aromatic N) is 3. The van der Waals surface area contributed by atoms with Crippen molar-refractivity contribution in [1.29, 1.82) is 0 Å². The SMILES string of the molecule is CCCCCC(C)NCc1cn(C(C)(C)C)nn1. The summed E-state index contributed by atoms with van der Waals surface area (Å²) >= 11 is 0. The molecule has 1 atom stereocenters. The van der Waals surface area contributed by atoms with Crippen LogP contribution in [-0.2, 0) is 12.1 Å². The number of aromatic nitrogens is 3. The molecule has 0 aliphatic carbocycles. The molecule has 1 unspecified atom stereocenters. The van der Waals surface area contributed by atoms with Crippen LogP contribution in [0.15, 0.2) is 6.20 Å². The van der Waals surface area contributed by atoms with Gasteiger partial charge in [-0.2, -0.15) is 0 Å². The molecule has 104 valence electrons. The summed E-state index contributed by atoms with van der Waals surface area (Å²) in [5.41, 5.74) is 1.03. The zero-order valence-electron chi connectivity index (χ0n) is 12.5. The molecule has 1 N–H and O–H groups in total. The van der Waals surface area contributed by atoms with Gasteiger partial charge in [-0.3, -0.25) is 0 Å². The molecule has 4 nitrogen and oxygen atoms in total. The van der Waals surface area contributed by atoms with Crippen molar-refractivity contribution in [3.63, 3.8) is 0 Å². The first-order valence-electron chi connectivity index (χ1n) is 7.08. The molecule has 4 heteroatoms. The van der Waals surface area contributed by atoms with Crippen molar-refractivity contribution >= 4 is 0 Å². The van der Waals surface area contributed by atoms with Crippen LogP contribution in [0, 0.1) is 0 Å². The second kappa shape index (κ2) is 6.88. The summed E-state index contributed by atoms with van der Waals surface area (Å²) in [6.45, 7) is 11.7. The molecular weight excluding hydrogens is 224 g/mol. The Morgan fingerprint density at radius 3 is 2.61 bits per heavy atom. The molecule has 0 aliphatic rings. The van der Waals surface area contributed by atoms with Gasteiger partial charge in [0.2, 0.25) is 0 Å². The summed E-state index contributed by atoms with van der Waals surface area (Å²) in [6, 6.07) is 0.552. The first-order chi connectivity index (χ1) is 8.43. The Hall–Kier alpha value is -0.900. The van der Waals surface area contributed by atoms with Crippen LogP contribution in [0.1, 0.15) is 66.0 Å². The first kappa shape index (κ1) is 15.2. The van der Waals surface area contributed by atoms with Gasteiger partial charge < -0.3 is 5.32 Å². The Bertz CT molecular complexity index is 338. The molecule has 0 saturated heterocycles. The van der Waals surface area contributed by atoms with Crippen molar-refractivity contribution in [3.05, 3.63) is 11.9 Å². The fourth-order valence-electron chi connectivity index (χ4n) is 1.79. The van der Waals surface area contributed by atoms with E-state index < -0.39 is 0 Å². The topological polar surface area (TPSA) is 42.7 Å². The summed E-state index contributed by atoms with van der Waals surface area (Å²) in [4.78, 5) is 0. The summed E-state index contributed by atoms with van der Waals surface area (Å²) in [5, 5.41) is 11.9. The minimum absolute atomic E-state index is 0.0119. The number of hydrogen-bond donors (Lipinski definition) is 1. The monoisotopic (exact) mass is 252 g/mol. The highest BCUT2D eigenvalue weighted by atomic mass is 15.4. The number of hydrogen-bond acceptors (Lipinski definition) is 3. The molecule has 0 aliphatic heterocycles. The third-order valence-electron chi connectivity index (χ3n) is 3.10. The molecule has 0 radical (unpaired) electrons. The standard InChI is InChI=1S/C14H28N4/c1-6-7-8-9-12(2)15-10-13-11-18(17-16-13)14(3,4)5/h11-12,15H,6-10H2,1-5H3. The highest BCUT2D eigenvalue weighted by Crippen LogP contribution is 2.11. The second-order valence-corrected chi connectivity index (χ2v) is 6.10. The maximum Gasteiger partial charge on any atom is 0.0965 e. The van der Waals surface area contributed by atoms with E-state index in [0.29, 0.717) is 6.04 Å². The van der Waals surface area contributed by atoms with Crippen LogP contribution in [-0.4, -0.2) is 21.0 Å². The quantitative estimate of drug-likeness (QED) is 0.758. The summed E-state index contributed by atoms with van der Waals surface area (Å²) in [7, 11) is 0. The molecular formula is C14H28N4. The predicted octanol–water partition coefficient (Wildman–Crippen LogP) is 3.09. The summed E-state index contributed by atoms with van der Waals surface area (Å²) in [6.07, 6.45) is 7.19. The highest BCUT2D eigenvalue weighted by Gasteiger charge is 2.15. The Balaban J connectivity index is 2.33. The van der Waals surface area contributed by atoms with E-state index in [-0.39, 0.29) is 5.54 Å². The van der Waals surface area contributed by atoms with E-state index in [2.05, 4.69) is 50.2 Å². The molecule has 0 fully saturated rings. The van der Waals surface area contributed by atoms with E-state index in [1.165, 1.54) is 25.7 Å². The van der Waals surface area contributed by atoms with Crippen LogP contribution in [0.2, 0.25) is 0 Å². The lowest BCUT2D eigenvalue weighted by atomic mass is 10.1. The van der Waals surface area contributed by atoms with Gasteiger partial charge >= 0.3 is 0 Å². The van der Waals surface area contributed by atoms with Gasteiger partial charge in [0.05, 0.1) is 17.4 Å². The predicted molar refractivity (Wildman–Crippen MR) is 75.5 cm³/mol. The lowest BCUT2D eigenvalue weighted by Gasteiger charge is -2.17. The molecule has 0 aromatic carbocycles. The molecule has 1 aromatic heterocycles. The fraction of sp³-hybridized carbons (Fsp3) is 0.857. The lowest BCUT2D eigenvalue weighted by molar-refractivity contribution is 0.347. The van der Waals surface area contributed by atoms with E-state index in [4.69, 9.17) is 0 Å². The van der Waals surface area contributed by atoms with Crippen molar-refractivity contribution < 1.29 is 0 Å². The molecule has 0 spiro atoms. The van der Waals surface area contributed by atoms with Crippen LogP contribution in [0.25, 0.3) is 0 Å². The third-order valence-corrected chi connectivity index (χ3v) is 3.10. The smallest absolute Gasteiger partial charge is 0.0965 e. The van der Waals surface area contributed by atoms with Gasteiger partial charge in [0.15, 0.2) is 0 Å². The van der Waals surface area contributed by atoms with Crippen molar-refractivity contribution in [2.75, 3.05) is 0 Å². The van der Waals surface area contributed by atoms with Crippen molar-refractivity contribution in [1.82, 2.24) is 20.3 Å². The fourth-order valence-corrected chi connectivity index (χ4v) is 1.79. The van der Waals surface area contributed by atoms with Crippen LogP contribution in [0.5, 0.6) is 0 Å². The van der Waals surface area contributed by atoms with Crippen LogP contribution < -0.4 is 5.32 Å². The van der Waals surface area contributed by atoms with Gasteiger partial charge in [-0.1, -0.05) is 31.4 Å². The average molecular weight is 252 g/mol. The molecule has 0 bridgehead atoms. The van der Waals surface area contributed by atoms with Gasteiger partial charge in [-0.25, -0.2) is 4.68 Å². The van der Waals surface area contributed by atoms with Crippen LogP contribution >= 0.6 is 0 Å². The van der Waals surface area contributed by atoms with E-state index in [1.807, 2.05) is 10.9 Å². The zero-order chi connectivity index (χ0) is 13.6. The van der Waals surface area contributed by atoms with Crippen molar-refractivity contribution in [2.45, 2.75) is 78.4 Å².